The Balaban J connectivity index is 1.54. The molecule has 0 radical (unpaired) electrons. The Bertz CT molecular complexity index is 499. The molecule has 3 rings (SSSR count). The molecule has 1 amide bonds. The van der Waals surface area contributed by atoms with Crippen LogP contribution in [0.1, 0.15) is 37.6 Å². The fourth-order valence-electron chi connectivity index (χ4n) is 2.97. The first-order valence-corrected chi connectivity index (χ1v) is 7.88. The van der Waals surface area contributed by atoms with Gasteiger partial charge in [0.1, 0.15) is 18.5 Å². The molecule has 0 bridgehead atoms. The Morgan fingerprint density at radius 1 is 1.41 bits per heavy atom. The second-order valence-electron chi connectivity index (χ2n) is 5.81. The van der Waals surface area contributed by atoms with E-state index in [1.165, 1.54) is 0 Å². The number of hydrogen-bond acceptors (Lipinski definition) is 5. The van der Waals surface area contributed by atoms with Gasteiger partial charge in [0.05, 0.1) is 12.1 Å². The van der Waals surface area contributed by atoms with Crippen molar-refractivity contribution in [2.24, 2.45) is 7.05 Å². The van der Waals surface area contributed by atoms with Gasteiger partial charge >= 0.3 is 6.09 Å². The molecule has 3 atom stereocenters. The third-order valence-electron chi connectivity index (χ3n) is 4.16. The molecule has 1 aromatic rings. The number of carbonyl (C=O) groups excluding carboxylic acids is 1. The second kappa shape index (κ2) is 7.11. The molecule has 0 aliphatic carbocycles. The van der Waals surface area contributed by atoms with E-state index < -0.39 is 6.09 Å². The highest BCUT2D eigenvalue weighted by atomic mass is 16.6. The molecule has 2 saturated heterocycles. The predicted octanol–water partition coefficient (Wildman–Crippen LogP) is 1.55. The van der Waals surface area contributed by atoms with Gasteiger partial charge in [-0.2, -0.15) is 0 Å². The monoisotopic (exact) mass is 309 g/mol. The van der Waals surface area contributed by atoms with Crippen LogP contribution in [0.3, 0.4) is 0 Å². The number of carbonyl (C=O) groups is 1. The van der Waals surface area contributed by atoms with Crippen LogP contribution in [-0.2, 0) is 21.3 Å². The van der Waals surface area contributed by atoms with Crippen molar-refractivity contribution in [3.8, 4) is 0 Å². The summed E-state index contributed by atoms with van der Waals surface area (Å²) in [4.78, 5) is 16.3. The Morgan fingerprint density at radius 2 is 2.23 bits per heavy atom. The van der Waals surface area contributed by atoms with Gasteiger partial charge in [0.25, 0.3) is 0 Å². The van der Waals surface area contributed by atoms with Gasteiger partial charge in [-0.05, 0) is 25.7 Å². The van der Waals surface area contributed by atoms with Crippen LogP contribution in [-0.4, -0.2) is 47.6 Å². The fraction of sp³-hybridized carbons (Fsp3) is 0.733. The zero-order valence-corrected chi connectivity index (χ0v) is 12.9. The number of alkyl carbamates (subject to hydrolysis) is 1. The molecule has 7 nitrogen and oxygen atoms in total. The van der Waals surface area contributed by atoms with Crippen molar-refractivity contribution >= 4 is 6.09 Å². The molecule has 1 N–H and O–H groups in total. The minimum atomic E-state index is -0.412. The third-order valence-corrected chi connectivity index (χ3v) is 4.16. The summed E-state index contributed by atoms with van der Waals surface area (Å²) in [5.41, 5.74) is 0. The van der Waals surface area contributed by atoms with E-state index in [2.05, 4.69) is 10.3 Å². The van der Waals surface area contributed by atoms with Gasteiger partial charge < -0.3 is 24.1 Å². The third kappa shape index (κ3) is 3.59. The van der Waals surface area contributed by atoms with E-state index in [1.54, 1.807) is 6.20 Å². The lowest BCUT2D eigenvalue weighted by Gasteiger charge is -2.31. The Hall–Kier alpha value is -1.60. The van der Waals surface area contributed by atoms with E-state index in [1.807, 2.05) is 17.8 Å². The number of nitrogens with one attached hydrogen (secondary N) is 1. The number of imidazole rings is 1. The van der Waals surface area contributed by atoms with Crippen molar-refractivity contribution in [1.29, 1.82) is 0 Å². The van der Waals surface area contributed by atoms with Gasteiger partial charge in [-0.3, -0.25) is 0 Å². The molecule has 0 aromatic carbocycles. The van der Waals surface area contributed by atoms with Crippen molar-refractivity contribution in [3.63, 3.8) is 0 Å². The zero-order chi connectivity index (χ0) is 15.4. The summed E-state index contributed by atoms with van der Waals surface area (Å²) >= 11 is 0. The van der Waals surface area contributed by atoms with Gasteiger partial charge in [0, 0.05) is 32.7 Å². The number of amides is 1. The number of rotatable bonds is 4. The molecule has 0 spiro atoms. The maximum atomic E-state index is 12.0. The first-order valence-electron chi connectivity index (χ1n) is 7.88. The number of aryl methyl sites for hydroxylation is 1. The van der Waals surface area contributed by atoms with Crippen molar-refractivity contribution in [2.75, 3.05) is 19.8 Å². The van der Waals surface area contributed by atoms with Gasteiger partial charge in [0.15, 0.2) is 0 Å². The van der Waals surface area contributed by atoms with E-state index in [4.69, 9.17) is 14.2 Å². The summed E-state index contributed by atoms with van der Waals surface area (Å²) in [5, 5.41) is 2.91. The van der Waals surface area contributed by atoms with Crippen molar-refractivity contribution in [1.82, 2.24) is 14.9 Å². The number of hydrogen-bond donors (Lipinski definition) is 1. The van der Waals surface area contributed by atoms with Crippen LogP contribution < -0.4 is 5.32 Å². The SMILES string of the molecule is Cn1ccnc1[C@@H]1OCCC[C@H]1NC(=O)OCC1CCCO1. The average molecular weight is 309 g/mol. The highest BCUT2D eigenvalue weighted by Crippen LogP contribution is 2.27. The molecule has 1 aromatic heterocycles. The minimum Gasteiger partial charge on any atom is -0.447 e. The van der Waals surface area contributed by atoms with Crippen molar-refractivity contribution in [2.45, 2.75) is 43.9 Å². The number of aromatic nitrogens is 2. The maximum absolute atomic E-state index is 12.0. The van der Waals surface area contributed by atoms with Crippen LogP contribution in [0.5, 0.6) is 0 Å². The van der Waals surface area contributed by atoms with E-state index in [0.29, 0.717) is 13.2 Å². The molecule has 22 heavy (non-hydrogen) atoms. The van der Waals surface area contributed by atoms with E-state index in [9.17, 15) is 4.79 Å². The van der Waals surface area contributed by atoms with Crippen LogP contribution in [0.2, 0.25) is 0 Å². The Morgan fingerprint density at radius 3 is 2.95 bits per heavy atom. The topological polar surface area (TPSA) is 74.6 Å². The molecule has 7 heteroatoms. The summed E-state index contributed by atoms with van der Waals surface area (Å²) < 4.78 is 18.4. The van der Waals surface area contributed by atoms with Crippen LogP contribution in [0, 0.1) is 0 Å². The normalized spacial score (nSPS) is 28.5. The molecule has 1 unspecified atom stereocenters. The minimum absolute atomic E-state index is 0.0405. The van der Waals surface area contributed by atoms with Crippen LogP contribution >= 0.6 is 0 Å². The first kappa shape index (κ1) is 15.3. The van der Waals surface area contributed by atoms with Crippen LogP contribution in [0.15, 0.2) is 12.4 Å². The van der Waals surface area contributed by atoms with Gasteiger partial charge in [0.2, 0.25) is 0 Å². The zero-order valence-electron chi connectivity index (χ0n) is 12.9. The lowest BCUT2D eigenvalue weighted by Crippen LogP contribution is -2.44. The molecular formula is C15H23N3O4. The molecule has 2 aliphatic heterocycles. The first-order chi connectivity index (χ1) is 10.7. The smallest absolute Gasteiger partial charge is 0.407 e. The summed E-state index contributed by atoms with van der Waals surface area (Å²) in [6, 6.07) is -0.119. The molecule has 2 fully saturated rings. The molecule has 3 heterocycles. The van der Waals surface area contributed by atoms with Gasteiger partial charge in [-0.15, -0.1) is 0 Å². The number of nitrogens with zero attached hydrogens (tertiary/aromatic N) is 2. The van der Waals surface area contributed by atoms with Crippen molar-refractivity contribution in [3.05, 3.63) is 18.2 Å². The second-order valence-corrected chi connectivity index (χ2v) is 5.81. The highest BCUT2D eigenvalue weighted by molar-refractivity contribution is 5.67. The molecule has 0 saturated carbocycles. The van der Waals surface area contributed by atoms with Gasteiger partial charge in [-0.25, -0.2) is 9.78 Å². The Labute approximate surface area is 129 Å². The average Bonchev–Trinajstić information content (AvgIpc) is 3.17. The lowest BCUT2D eigenvalue weighted by molar-refractivity contribution is -0.0193. The van der Waals surface area contributed by atoms with E-state index in [-0.39, 0.29) is 18.2 Å². The molecule has 122 valence electrons. The van der Waals surface area contributed by atoms with Gasteiger partial charge in [-0.1, -0.05) is 0 Å². The Kier molecular flexibility index (Phi) is 4.94. The predicted molar refractivity (Wildman–Crippen MR) is 78.4 cm³/mol. The summed E-state index contributed by atoms with van der Waals surface area (Å²) in [6.45, 7) is 1.75. The van der Waals surface area contributed by atoms with E-state index >= 15 is 0 Å². The highest BCUT2D eigenvalue weighted by Gasteiger charge is 2.32. The summed E-state index contributed by atoms with van der Waals surface area (Å²) in [6.07, 6.45) is 6.76. The van der Waals surface area contributed by atoms with Crippen LogP contribution in [0.4, 0.5) is 4.79 Å². The maximum Gasteiger partial charge on any atom is 0.407 e. The van der Waals surface area contributed by atoms with Crippen LogP contribution in [0.25, 0.3) is 0 Å². The molecule has 2 aliphatic rings. The van der Waals surface area contributed by atoms with E-state index in [0.717, 1.165) is 38.1 Å². The quantitative estimate of drug-likeness (QED) is 0.913. The molecular weight excluding hydrogens is 286 g/mol. The largest absolute Gasteiger partial charge is 0.447 e. The fourth-order valence-corrected chi connectivity index (χ4v) is 2.97. The summed E-state index contributed by atoms with van der Waals surface area (Å²) in [7, 11) is 1.92. The lowest BCUT2D eigenvalue weighted by atomic mass is 10.0. The van der Waals surface area contributed by atoms with Crippen molar-refractivity contribution < 1.29 is 19.0 Å². The standard InChI is InChI=1S/C15H23N3O4/c1-18-7-6-16-14(18)13-12(5-3-9-21-13)17-15(19)22-10-11-4-2-8-20-11/h6-7,11-13H,2-5,8-10H2,1H3,(H,17,19)/t11?,12-,13-/m1/s1. The number of ether oxygens (including phenoxy) is 3. The summed E-state index contributed by atoms with van der Waals surface area (Å²) in [5.74, 6) is 0.823.